The van der Waals surface area contributed by atoms with Crippen LogP contribution in [0, 0.1) is 0 Å². The van der Waals surface area contributed by atoms with Gasteiger partial charge in [0.05, 0.1) is 6.26 Å². The number of carbonyl (C=O) groups excluding carboxylic acids is 3. The number of ether oxygens (including phenoxy) is 1. The van der Waals surface area contributed by atoms with E-state index >= 15 is 0 Å². The Hall–Kier alpha value is -3.15. The Bertz CT molecular complexity index is 761. The molecule has 6 heteroatoms. The predicted molar refractivity (Wildman–Crippen MR) is 88.4 cm³/mol. The maximum atomic E-state index is 12.0. The summed E-state index contributed by atoms with van der Waals surface area (Å²) < 4.78 is 10.1. The highest BCUT2D eigenvalue weighted by molar-refractivity contribution is 5.99. The SMILES string of the molecule is CC(=O)c1cccc(NC(=O)[C@H](C)OC(=O)/C=C/c2ccco2)c1. The highest BCUT2D eigenvalue weighted by atomic mass is 16.5. The van der Waals surface area contributed by atoms with Crippen LogP contribution in [0.2, 0.25) is 0 Å². The molecular formula is C18H17NO5. The Morgan fingerprint density at radius 1 is 1.21 bits per heavy atom. The molecule has 0 saturated carbocycles. The summed E-state index contributed by atoms with van der Waals surface area (Å²) >= 11 is 0. The lowest BCUT2D eigenvalue weighted by Crippen LogP contribution is -2.29. The first-order valence-corrected chi connectivity index (χ1v) is 7.30. The van der Waals surface area contributed by atoms with Crippen LogP contribution < -0.4 is 5.32 Å². The van der Waals surface area contributed by atoms with Gasteiger partial charge in [0.2, 0.25) is 0 Å². The molecule has 0 saturated heterocycles. The number of nitrogens with one attached hydrogen (secondary N) is 1. The lowest BCUT2D eigenvalue weighted by atomic mass is 10.1. The van der Waals surface area contributed by atoms with E-state index in [0.29, 0.717) is 17.0 Å². The van der Waals surface area contributed by atoms with Crippen molar-refractivity contribution >= 4 is 29.4 Å². The maximum Gasteiger partial charge on any atom is 0.331 e. The van der Waals surface area contributed by atoms with Gasteiger partial charge in [0.1, 0.15) is 5.76 Å². The van der Waals surface area contributed by atoms with Crippen molar-refractivity contribution in [2.24, 2.45) is 0 Å². The van der Waals surface area contributed by atoms with E-state index in [-0.39, 0.29) is 5.78 Å². The molecule has 1 heterocycles. The minimum atomic E-state index is -0.986. The van der Waals surface area contributed by atoms with Gasteiger partial charge in [-0.15, -0.1) is 0 Å². The van der Waals surface area contributed by atoms with Gasteiger partial charge in [-0.25, -0.2) is 4.79 Å². The van der Waals surface area contributed by atoms with Gasteiger partial charge in [0, 0.05) is 17.3 Å². The third-order valence-electron chi connectivity index (χ3n) is 3.13. The molecule has 0 aliphatic heterocycles. The van der Waals surface area contributed by atoms with Crippen LogP contribution in [0.3, 0.4) is 0 Å². The Morgan fingerprint density at radius 3 is 2.67 bits per heavy atom. The first-order chi connectivity index (χ1) is 11.5. The number of esters is 1. The third-order valence-corrected chi connectivity index (χ3v) is 3.13. The fraction of sp³-hybridized carbons (Fsp3) is 0.167. The molecule has 1 atom stereocenters. The zero-order valence-corrected chi connectivity index (χ0v) is 13.3. The second-order valence-electron chi connectivity index (χ2n) is 5.05. The first kappa shape index (κ1) is 17.2. The third kappa shape index (κ3) is 4.95. The van der Waals surface area contributed by atoms with Crippen molar-refractivity contribution in [3.05, 3.63) is 60.1 Å². The summed E-state index contributed by atoms with van der Waals surface area (Å²) in [5, 5.41) is 2.60. The van der Waals surface area contributed by atoms with Crippen molar-refractivity contribution in [2.75, 3.05) is 5.32 Å². The van der Waals surface area contributed by atoms with Gasteiger partial charge >= 0.3 is 5.97 Å². The van der Waals surface area contributed by atoms with E-state index in [4.69, 9.17) is 9.15 Å². The van der Waals surface area contributed by atoms with Crippen molar-refractivity contribution in [2.45, 2.75) is 20.0 Å². The number of amides is 1. The molecule has 0 radical (unpaired) electrons. The molecule has 0 aliphatic rings. The van der Waals surface area contributed by atoms with E-state index in [1.165, 1.54) is 32.3 Å². The standard InChI is InChI=1S/C18H17NO5/c1-12(20)14-5-3-6-15(11-14)19-18(22)13(2)24-17(21)9-8-16-7-4-10-23-16/h3-11,13H,1-2H3,(H,19,22)/b9-8+/t13-/m0/s1. The van der Waals surface area contributed by atoms with Crippen molar-refractivity contribution in [1.82, 2.24) is 0 Å². The van der Waals surface area contributed by atoms with E-state index in [0.717, 1.165) is 0 Å². The average molecular weight is 327 g/mol. The topological polar surface area (TPSA) is 85.6 Å². The van der Waals surface area contributed by atoms with E-state index in [1.54, 1.807) is 36.4 Å². The molecule has 0 bridgehead atoms. The summed E-state index contributed by atoms with van der Waals surface area (Å²) in [5.41, 5.74) is 0.945. The van der Waals surface area contributed by atoms with Crippen LogP contribution in [-0.4, -0.2) is 23.8 Å². The zero-order valence-electron chi connectivity index (χ0n) is 13.3. The highest BCUT2D eigenvalue weighted by Gasteiger charge is 2.17. The summed E-state index contributed by atoms with van der Waals surface area (Å²) in [6.07, 6.45) is 3.12. The molecule has 2 aromatic rings. The Kier molecular flexibility index (Phi) is 5.68. The Balaban J connectivity index is 1.91. The van der Waals surface area contributed by atoms with Gasteiger partial charge < -0.3 is 14.5 Å². The molecule has 0 aliphatic carbocycles. The van der Waals surface area contributed by atoms with Crippen molar-refractivity contribution < 1.29 is 23.5 Å². The smallest absolute Gasteiger partial charge is 0.331 e. The van der Waals surface area contributed by atoms with Gasteiger partial charge in [-0.3, -0.25) is 9.59 Å². The Morgan fingerprint density at radius 2 is 2.00 bits per heavy atom. The minimum Gasteiger partial charge on any atom is -0.465 e. The van der Waals surface area contributed by atoms with Crippen LogP contribution in [-0.2, 0) is 14.3 Å². The van der Waals surface area contributed by atoms with Crippen LogP contribution in [0.1, 0.15) is 30.0 Å². The van der Waals surface area contributed by atoms with Crippen LogP contribution in [0.15, 0.2) is 53.2 Å². The van der Waals surface area contributed by atoms with Crippen molar-refractivity contribution in [3.63, 3.8) is 0 Å². The van der Waals surface area contributed by atoms with Crippen LogP contribution >= 0.6 is 0 Å². The molecule has 6 nitrogen and oxygen atoms in total. The molecule has 0 unspecified atom stereocenters. The molecule has 0 fully saturated rings. The summed E-state index contributed by atoms with van der Waals surface area (Å²) in [6.45, 7) is 2.90. The van der Waals surface area contributed by atoms with E-state index in [9.17, 15) is 14.4 Å². The van der Waals surface area contributed by atoms with E-state index in [2.05, 4.69) is 5.32 Å². The zero-order chi connectivity index (χ0) is 17.5. The number of ketones is 1. The van der Waals surface area contributed by atoms with Gasteiger partial charge in [-0.2, -0.15) is 0 Å². The van der Waals surface area contributed by atoms with E-state index in [1.807, 2.05) is 0 Å². The van der Waals surface area contributed by atoms with E-state index < -0.39 is 18.0 Å². The second-order valence-corrected chi connectivity index (χ2v) is 5.05. The summed E-state index contributed by atoms with van der Waals surface area (Å²) in [7, 11) is 0. The lowest BCUT2D eigenvalue weighted by molar-refractivity contribution is -0.148. The highest BCUT2D eigenvalue weighted by Crippen LogP contribution is 2.12. The number of carbonyl (C=O) groups is 3. The summed E-state index contributed by atoms with van der Waals surface area (Å²) in [5.74, 6) is -0.749. The predicted octanol–water partition coefficient (Wildman–Crippen LogP) is 3.07. The van der Waals surface area contributed by atoms with Crippen LogP contribution in [0.4, 0.5) is 5.69 Å². The molecule has 1 N–H and O–H groups in total. The van der Waals surface area contributed by atoms with Crippen LogP contribution in [0.5, 0.6) is 0 Å². The van der Waals surface area contributed by atoms with Gasteiger partial charge in [0.15, 0.2) is 11.9 Å². The molecule has 124 valence electrons. The number of anilines is 1. The van der Waals surface area contributed by atoms with Gasteiger partial charge in [-0.1, -0.05) is 12.1 Å². The first-order valence-electron chi connectivity index (χ1n) is 7.30. The fourth-order valence-electron chi connectivity index (χ4n) is 1.86. The fourth-order valence-corrected chi connectivity index (χ4v) is 1.86. The number of benzene rings is 1. The number of rotatable bonds is 6. The molecule has 1 amide bonds. The molecule has 1 aromatic carbocycles. The lowest BCUT2D eigenvalue weighted by Gasteiger charge is -2.12. The molecule has 24 heavy (non-hydrogen) atoms. The monoisotopic (exact) mass is 327 g/mol. The van der Waals surface area contributed by atoms with Gasteiger partial charge in [0.25, 0.3) is 5.91 Å². The second kappa shape index (κ2) is 7.92. The van der Waals surface area contributed by atoms with Gasteiger partial charge in [-0.05, 0) is 44.2 Å². The minimum absolute atomic E-state index is 0.103. The van der Waals surface area contributed by atoms with Crippen LogP contribution in [0.25, 0.3) is 6.08 Å². The number of Topliss-reactive ketones (excluding diaryl/α,β-unsaturated/α-hetero) is 1. The number of hydrogen-bond donors (Lipinski definition) is 1. The van der Waals surface area contributed by atoms with Crippen molar-refractivity contribution in [3.8, 4) is 0 Å². The molecule has 2 rings (SSSR count). The molecule has 0 spiro atoms. The Labute approximate surface area is 139 Å². The number of hydrogen-bond acceptors (Lipinski definition) is 5. The summed E-state index contributed by atoms with van der Waals surface area (Å²) in [4.78, 5) is 35.1. The quantitative estimate of drug-likeness (QED) is 0.500. The molecule has 1 aromatic heterocycles. The maximum absolute atomic E-state index is 12.0. The molecular weight excluding hydrogens is 310 g/mol. The summed E-state index contributed by atoms with van der Waals surface area (Å²) in [6, 6.07) is 9.90. The normalized spacial score (nSPS) is 11.9. The van der Waals surface area contributed by atoms with Crippen molar-refractivity contribution in [1.29, 1.82) is 0 Å². The largest absolute Gasteiger partial charge is 0.465 e. The average Bonchev–Trinajstić information content (AvgIpc) is 3.06. The number of furan rings is 1.